The Bertz CT molecular complexity index is 819. The number of anilines is 1. The molecule has 160 valence electrons. The first-order chi connectivity index (χ1) is 13.9. The number of sulfonamides is 1. The molecule has 0 spiro atoms. The fourth-order valence-electron chi connectivity index (χ4n) is 3.57. The third kappa shape index (κ3) is 5.77. The van der Waals surface area contributed by atoms with Gasteiger partial charge in [-0.05, 0) is 43.5 Å². The summed E-state index contributed by atoms with van der Waals surface area (Å²) >= 11 is 0. The SMILES string of the molecule is CCCCN1CC(C(=O)Nc2ccc(S(=O)(=O)NCC3CCCO3)cc2)CC1=O. The van der Waals surface area contributed by atoms with E-state index in [0.29, 0.717) is 25.4 Å². The molecule has 0 saturated carbocycles. The van der Waals surface area contributed by atoms with Crippen LogP contribution in [0.25, 0.3) is 0 Å². The van der Waals surface area contributed by atoms with E-state index in [4.69, 9.17) is 4.74 Å². The van der Waals surface area contributed by atoms with Gasteiger partial charge in [-0.15, -0.1) is 0 Å². The van der Waals surface area contributed by atoms with Crippen LogP contribution in [-0.2, 0) is 24.3 Å². The largest absolute Gasteiger partial charge is 0.377 e. The Hall–Kier alpha value is -1.97. The summed E-state index contributed by atoms with van der Waals surface area (Å²) in [7, 11) is -3.63. The van der Waals surface area contributed by atoms with Crippen LogP contribution in [0.4, 0.5) is 5.69 Å². The summed E-state index contributed by atoms with van der Waals surface area (Å²) < 4.78 is 32.8. The summed E-state index contributed by atoms with van der Waals surface area (Å²) in [5.41, 5.74) is 0.507. The highest BCUT2D eigenvalue weighted by atomic mass is 32.2. The minimum Gasteiger partial charge on any atom is -0.377 e. The van der Waals surface area contributed by atoms with Gasteiger partial charge < -0.3 is 15.0 Å². The zero-order valence-corrected chi connectivity index (χ0v) is 17.5. The fourth-order valence-corrected chi connectivity index (χ4v) is 4.63. The highest BCUT2D eigenvalue weighted by Gasteiger charge is 2.33. The van der Waals surface area contributed by atoms with E-state index in [-0.39, 0.29) is 41.7 Å². The van der Waals surface area contributed by atoms with E-state index in [9.17, 15) is 18.0 Å². The molecule has 2 aliphatic rings. The summed E-state index contributed by atoms with van der Waals surface area (Å²) in [4.78, 5) is 26.4. The van der Waals surface area contributed by atoms with Gasteiger partial charge in [-0.2, -0.15) is 0 Å². The molecule has 9 heteroatoms. The van der Waals surface area contributed by atoms with Crippen molar-refractivity contribution in [3.63, 3.8) is 0 Å². The minimum atomic E-state index is -3.63. The van der Waals surface area contributed by atoms with Gasteiger partial charge in [0.05, 0.1) is 16.9 Å². The number of hydrogen-bond donors (Lipinski definition) is 2. The molecule has 0 radical (unpaired) electrons. The molecule has 2 amide bonds. The molecule has 2 unspecified atom stereocenters. The molecule has 8 nitrogen and oxygen atoms in total. The van der Waals surface area contributed by atoms with E-state index < -0.39 is 10.0 Å². The summed E-state index contributed by atoms with van der Waals surface area (Å²) in [6, 6.07) is 6.04. The molecule has 2 atom stereocenters. The van der Waals surface area contributed by atoms with Crippen molar-refractivity contribution in [3.8, 4) is 0 Å². The van der Waals surface area contributed by atoms with E-state index in [0.717, 1.165) is 25.7 Å². The number of rotatable bonds is 9. The second-order valence-corrected chi connectivity index (χ2v) is 9.36. The number of hydrogen-bond acceptors (Lipinski definition) is 5. The molecule has 1 aromatic carbocycles. The van der Waals surface area contributed by atoms with Crippen LogP contribution >= 0.6 is 0 Å². The highest BCUT2D eigenvalue weighted by molar-refractivity contribution is 7.89. The first kappa shape index (κ1) is 21.7. The Balaban J connectivity index is 1.53. The van der Waals surface area contributed by atoms with Crippen molar-refractivity contribution in [1.29, 1.82) is 0 Å². The molecule has 0 bridgehead atoms. The Morgan fingerprint density at radius 2 is 2.03 bits per heavy atom. The average Bonchev–Trinajstić information content (AvgIpc) is 3.35. The molecular formula is C20H29N3O5S. The number of likely N-dealkylation sites (tertiary alicyclic amines) is 1. The Labute approximate surface area is 172 Å². The molecule has 2 heterocycles. The lowest BCUT2D eigenvalue weighted by molar-refractivity contribution is -0.128. The molecule has 2 aliphatic heterocycles. The predicted octanol–water partition coefficient (Wildman–Crippen LogP) is 1.73. The molecule has 3 rings (SSSR count). The van der Waals surface area contributed by atoms with Crippen LogP contribution in [0, 0.1) is 5.92 Å². The van der Waals surface area contributed by atoms with E-state index in [1.54, 1.807) is 17.0 Å². The Kier molecular flexibility index (Phi) is 7.26. The maximum absolute atomic E-state index is 12.5. The minimum absolute atomic E-state index is 0.0114. The third-order valence-electron chi connectivity index (χ3n) is 5.32. The normalized spacial score (nSPS) is 22.2. The van der Waals surface area contributed by atoms with Crippen LogP contribution in [0.5, 0.6) is 0 Å². The maximum atomic E-state index is 12.5. The second-order valence-electron chi connectivity index (χ2n) is 7.59. The molecule has 29 heavy (non-hydrogen) atoms. The van der Waals surface area contributed by atoms with Gasteiger partial charge in [0, 0.05) is 38.3 Å². The van der Waals surface area contributed by atoms with Gasteiger partial charge in [0.2, 0.25) is 21.8 Å². The predicted molar refractivity (Wildman–Crippen MR) is 109 cm³/mol. The Morgan fingerprint density at radius 1 is 1.28 bits per heavy atom. The van der Waals surface area contributed by atoms with Crippen molar-refractivity contribution < 1.29 is 22.7 Å². The Morgan fingerprint density at radius 3 is 2.69 bits per heavy atom. The number of unbranched alkanes of at least 4 members (excludes halogenated alkanes) is 1. The number of benzene rings is 1. The fraction of sp³-hybridized carbons (Fsp3) is 0.600. The van der Waals surface area contributed by atoms with E-state index in [2.05, 4.69) is 17.0 Å². The maximum Gasteiger partial charge on any atom is 0.240 e. The average molecular weight is 424 g/mol. The number of amides is 2. The summed E-state index contributed by atoms with van der Waals surface area (Å²) in [5.74, 6) is -0.585. The first-order valence-electron chi connectivity index (χ1n) is 10.2. The number of carbonyl (C=O) groups excluding carboxylic acids is 2. The number of nitrogens with zero attached hydrogens (tertiary/aromatic N) is 1. The van der Waals surface area contributed by atoms with Gasteiger partial charge in [0.25, 0.3) is 0 Å². The monoisotopic (exact) mass is 423 g/mol. The number of ether oxygens (including phenoxy) is 1. The smallest absolute Gasteiger partial charge is 0.240 e. The molecule has 0 aromatic heterocycles. The molecular weight excluding hydrogens is 394 g/mol. The van der Waals surface area contributed by atoms with Crippen LogP contribution in [-0.4, -0.2) is 57.5 Å². The van der Waals surface area contributed by atoms with Crippen molar-refractivity contribution in [2.24, 2.45) is 5.92 Å². The van der Waals surface area contributed by atoms with E-state index >= 15 is 0 Å². The molecule has 2 saturated heterocycles. The van der Waals surface area contributed by atoms with Gasteiger partial charge >= 0.3 is 0 Å². The number of nitrogens with one attached hydrogen (secondary N) is 2. The molecule has 0 aliphatic carbocycles. The molecule has 2 N–H and O–H groups in total. The van der Waals surface area contributed by atoms with Crippen molar-refractivity contribution in [2.45, 2.75) is 50.0 Å². The standard InChI is InChI=1S/C20H29N3O5S/c1-2-3-10-23-14-15(12-19(23)24)20(25)22-16-6-8-18(9-7-16)29(26,27)21-13-17-5-4-11-28-17/h6-9,15,17,21H,2-5,10-14H2,1H3,(H,22,25). The highest BCUT2D eigenvalue weighted by Crippen LogP contribution is 2.21. The van der Waals surface area contributed by atoms with Crippen LogP contribution in [0.1, 0.15) is 39.0 Å². The topological polar surface area (TPSA) is 105 Å². The van der Waals surface area contributed by atoms with Crippen LogP contribution in [0.15, 0.2) is 29.2 Å². The van der Waals surface area contributed by atoms with Gasteiger partial charge in [0.15, 0.2) is 0 Å². The van der Waals surface area contributed by atoms with E-state index in [1.165, 1.54) is 12.1 Å². The van der Waals surface area contributed by atoms with Crippen molar-refractivity contribution in [2.75, 3.05) is 31.6 Å². The quantitative estimate of drug-likeness (QED) is 0.629. The van der Waals surface area contributed by atoms with Crippen LogP contribution < -0.4 is 10.0 Å². The summed E-state index contributed by atoms with van der Waals surface area (Å²) in [6.07, 6.45) is 3.87. The lowest BCUT2D eigenvalue weighted by atomic mass is 10.1. The van der Waals surface area contributed by atoms with Crippen molar-refractivity contribution >= 4 is 27.5 Å². The van der Waals surface area contributed by atoms with Crippen molar-refractivity contribution in [3.05, 3.63) is 24.3 Å². The second kappa shape index (κ2) is 9.69. The van der Waals surface area contributed by atoms with E-state index in [1.807, 2.05) is 0 Å². The van der Waals surface area contributed by atoms with Crippen LogP contribution in [0.2, 0.25) is 0 Å². The summed E-state index contributed by atoms with van der Waals surface area (Å²) in [6.45, 7) is 4.11. The van der Waals surface area contributed by atoms with Crippen LogP contribution in [0.3, 0.4) is 0 Å². The van der Waals surface area contributed by atoms with Crippen molar-refractivity contribution in [1.82, 2.24) is 9.62 Å². The van der Waals surface area contributed by atoms with Gasteiger partial charge in [0.1, 0.15) is 0 Å². The lowest BCUT2D eigenvalue weighted by Crippen LogP contribution is -2.31. The zero-order chi connectivity index (χ0) is 20.9. The van der Waals surface area contributed by atoms with Gasteiger partial charge in [-0.3, -0.25) is 9.59 Å². The first-order valence-corrected chi connectivity index (χ1v) is 11.7. The van der Waals surface area contributed by atoms with Gasteiger partial charge in [-0.25, -0.2) is 13.1 Å². The summed E-state index contributed by atoms with van der Waals surface area (Å²) in [5, 5.41) is 2.78. The van der Waals surface area contributed by atoms with Gasteiger partial charge in [-0.1, -0.05) is 13.3 Å². The lowest BCUT2D eigenvalue weighted by Gasteiger charge is -2.16. The molecule has 1 aromatic rings. The number of carbonyl (C=O) groups is 2. The zero-order valence-electron chi connectivity index (χ0n) is 16.7. The third-order valence-corrected chi connectivity index (χ3v) is 6.76. The molecule has 2 fully saturated rings.